The molecule has 0 aliphatic heterocycles. The average molecular weight is 234 g/mol. The first-order valence-corrected chi connectivity index (χ1v) is 6.46. The molecule has 0 aromatic carbocycles. The van der Waals surface area contributed by atoms with Crippen molar-refractivity contribution in [3.8, 4) is 0 Å². The molecule has 17 heavy (non-hydrogen) atoms. The van der Waals surface area contributed by atoms with Crippen molar-refractivity contribution in [2.24, 2.45) is 17.1 Å². The van der Waals surface area contributed by atoms with Gasteiger partial charge in [0.25, 0.3) is 0 Å². The lowest BCUT2D eigenvalue weighted by Crippen LogP contribution is -2.22. The Balaban J connectivity index is 2.75. The van der Waals surface area contributed by atoms with Gasteiger partial charge in [0.2, 0.25) is 0 Å². The molecular formula is C15H26N2. The third kappa shape index (κ3) is 3.39. The number of hydrogen-bond donors (Lipinski definition) is 2. The Labute approximate surface area is 106 Å². The van der Waals surface area contributed by atoms with Crippen molar-refractivity contribution in [3.05, 3.63) is 35.7 Å². The molecule has 0 amide bonds. The molecule has 1 aliphatic rings. The van der Waals surface area contributed by atoms with Crippen LogP contribution in [0.1, 0.15) is 40.0 Å². The van der Waals surface area contributed by atoms with E-state index >= 15 is 0 Å². The largest absolute Gasteiger partial charge is 0.399 e. The van der Waals surface area contributed by atoms with Crippen molar-refractivity contribution in [1.82, 2.24) is 5.32 Å². The van der Waals surface area contributed by atoms with E-state index in [9.17, 15) is 0 Å². The summed E-state index contributed by atoms with van der Waals surface area (Å²) in [4.78, 5) is 0. The van der Waals surface area contributed by atoms with E-state index in [0.29, 0.717) is 5.92 Å². The monoisotopic (exact) mass is 234 g/mol. The number of allylic oxidation sites excluding steroid dienone is 4. The van der Waals surface area contributed by atoms with Crippen molar-refractivity contribution >= 4 is 0 Å². The second kappa shape index (κ2) is 5.44. The highest BCUT2D eigenvalue weighted by Crippen LogP contribution is 2.37. The van der Waals surface area contributed by atoms with Gasteiger partial charge in [0.05, 0.1) is 0 Å². The van der Waals surface area contributed by atoms with Crippen LogP contribution in [-0.2, 0) is 0 Å². The van der Waals surface area contributed by atoms with Crippen molar-refractivity contribution in [3.63, 3.8) is 0 Å². The number of rotatable bonds is 5. The molecule has 0 aromatic rings. The third-order valence-electron chi connectivity index (χ3n) is 3.87. The fraction of sp³-hybridized carbons (Fsp3) is 0.600. The summed E-state index contributed by atoms with van der Waals surface area (Å²) in [6, 6.07) is 0. The van der Waals surface area contributed by atoms with E-state index in [0.717, 1.165) is 30.7 Å². The van der Waals surface area contributed by atoms with E-state index < -0.39 is 0 Å². The van der Waals surface area contributed by atoms with Gasteiger partial charge < -0.3 is 11.1 Å². The SMILES string of the molecule is C=C(CC(C)C1=CCC(C)(CC)C=C1N)NC. The number of hydrogen-bond acceptors (Lipinski definition) is 2. The minimum absolute atomic E-state index is 0.243. The minimum Gasteiger partial charge on any atom is -0.399 e. The zero-order valence-electron chi connectivity index (χ0n) is 11.6. The van der Waals surface area contributed by atoms with E-state index in [1.807, 2.05) is 7.05 Å². The Kier molecular flexibility index (Phi) is 4.44. The summed E-state index contributed by atoms with van der Waals surface area (Å²) in [5.41, 5.74) is 9.74. The predicted octanol–water partition coefficient (Wildman–Crippen LogP) is 3.33. The molecule has 2 atom stereocenters. The van der Waals surface area contributed by atoms with E-state index in [-0.39, 0.29) is 5.41 Å². The maximum atomic E-state index is 6.19. The van der Waals surface area contributed by atoms with Crippen LogP contribution in [0.15, 0.2) is 35.7 Å². The Morgan fingerprint density at radius 3 is 2.76 bits per heavy atom. The third-order valence-corrected chi connectivity index (χ3v) is 3.87. The van der Waals surface area contributed by atoms with Crippen LogP contribution < -0.4 is 11.1 Å². The summed E-state index contributed by atoms with van der Waals surface area (Å²) in [6.07, 6.45) is 7.72. The zero-order chi connectivity index (χ0) is 13.1. The van der Waals surface area contributed by atoms with Crippen LogP contribution in [-0.4, -0.2) is 7.05 Å². The van der Waals surface area contributed by atoms with Crippen LogP contribution in [0.3, 0.4) is 0 Å². The van der Waals surface area contributed by atoms with Crippen LogP contribution in [0.4, 0.5) is 0 Å². The fourth-order valence-corrected chi connectivity index (χ4v) is 2.29. The van der Waals surface area contributed by atoms with Crippen LogP contribution in [0.25, 0.3) is 0 Å². The van der Waals surface area contributed by atoms with Gasteiger partial charge in [0, 0.05) is 18.4 Å². The molecule has 2 nitrogen and oxygen atoms in total. The molecule has 1 rings (SSSR count). The Morgan fingerprint density at radius 1 is 1.65 bits per heavy atom. The molecule has 0 radical (unpaired) electrons. The molecule has 0 saturated heterocycles. The van der Waals surface area contributed by atoms with Gasteiger partial charge in [-0.05, 0) is 36.2 Å². The van der Waals surface area contributed by atoms with Gasteiger partial charge in [-0.1, -0.05) is 39.5 Å². The van der Waals surface area contributed by atoms with Gasteiger partial charge in [-0.2, -0.15) is 0 Å². The molecule has 1 aliphatic carbocycles. The molecule has 2 heteroatoms. The van der Waals surface area contributed by atoms with Crippen LogP contribution in [0.5, 0.6) is 0 Å². The summed E-state index contributed by atoms with van der Waals surface area (Å²) in [5.74, 6) is 0.438. The van der Waals surface area contributed by atoms with Gasteiger partial charge in [-0.3, -0.25) is 0 Å². The molecule has 0 saturated carbocycles. The second-order valence-corrected chi connectivity index (χ2v) is 5.43. The first-order valence-electron chi connectivity index (χ1n) is 6.46. The van der Waals surface area contributed by atoms with Crippen molar-refractivity contribution in [1.29, 1.82) is 0 Å². The maximum Gasteiger partial charge on any atom is 0.0311 e. The molecular weight excluding hydrogens is 208 g/mol. The van der Waals surface area contributed by atoms with Gasteiger partial charge in [0.1, 0.15) is 0 Å². The molecule has 0 bridgehead atoms. The highest BCUT2D eigenvalue weighted by atomic mass is 14.8. The van der Waals surface area contributed by atoms with E-state index in [1.54, 1.807) is 0 Å². The normalized spacial score (nSPS) is 25.9. The first-order chi connectivity index (χ1) is 7.91. The smallest absolute Gasteiger partial charge is 0.0311 e. The lowest BCUT2D eigenvalue weighted by atomic mass is 9.76. The Morgan fingerprint density at radius 2 is 2.29 bits per heavy atom. The fourth-order valence-electron chi connectivity index (χ4n) is 2.29. The summed E-state index contributed by atoms with van der Waals surface area (Å²) in [6.45, 7) is 10.7. The summed E-state index contributed by atoms with van der Waals surface area (Å²) < 4.78 is 0. The molecule has 0 aromatic heterocycles. The summed E-state index contributed by atoms with van der Waals surface area (Å²) in [7, 11) is 1.91. The van der Waals surface area contributed by atoms with E-state index in [4.69, 9.17) is 5.73 Å². The van der Waals surface area contributed by atoms with Gasteiger partial charge >= 0.3 is 0 Å². The Hall–Kier alpha value is -1.18. The lowest BCUT2D eigenvalue weighted by molar-refractivity contribution is 0.404. The molecule has 2 unspecified atom stereocenters. The maximum absolute atomic E-state index is 6.19. The van der Waals surface area contributed by atoms with Gasteiger partial charge in [0.15, 0.2) is 0 Å². The second-order valence-electron chi connectivity index (χ2n) is 5.43. The van der Waals surface area contributed by atoms with Gasteiger partial charge in [-0.25, -0.2) is 0 Å². The predicted molar refractivity (Wildman–Crippen MR) is 75.3 cm³/mol. The van der Waals surface area contributed by atoms with Gasteiger partial charge in [-0.15, -0.1) is 0 Å². The van der Waals surface area contributed by atoms with E-state index in [2.05, 4.69) is 44.8 Å². The first kappa shape index (κ1) is 13.9. The average Bonchev–Trinajstić information content (AvgIpc) is 2.28. The van der Waals surface area contributed by atoms with Crippen LogP contribution in [0.2, 0.25) is 0 Å². The molecule has 0 spiro atoms. The van der Waals surface area contributed by atoms with Crippen molar-refractivity contribution in [2.45, 2.75) is 40.0 Å². The zero-order valence-corrected chi connectivity index (χ0v) is 11.6. The summed E-state index contributed by atoms with van der Waals surface area (Å²) >= 11 is 0. The highest BCUT2D eigenvalue weighted by molar-refractivity contribution is 5.36. The van der Waals surface area contributed by atoms with Crippen molar-refractivity contribution < 1.29 is 0 Å². The van der Waals surface area contributed by atoms with Crippen molar-refractivity contribution in [2.75, 3.05) is 7.05 Å². The molecule has 0 fully saturated rings. The van der Waals surface area contributed by atoms with Crippen LogP contribution >= 0.6 is 0 Å². The number of nitrogens with two attached hydrogens (primary N) is 1. The Bertz CT molecular complexity index is 352. The van der Waals surface area contributed by atoms with Crippen LogP contribution in [0, 0.1) is 11.3 Å². The standard InChI is InChI=1S/C15H26N2/c1-6-15(4)8-7-13(14(16)10-15)11(2)9-12(3)17-5/h7,10-11,17H,3,6,8-9,16H2,1-2,4-5H3. The quantitative estimate of drug-likeness (QED) is 0.765. The topological polar surface area (TPSA) is 38.0 Å². The minimum atomic E-state index is 0.243. The number of nitrogens with one attached hydrogen (secondary N) is 1. The molecule has 0 heterocycles. The molecule has 3 N–H and O–H groups in total. The highest BCUT2D eigenvalue weighted by Gasteiger charge is 2.25. The van der Waals surface area contributed by atoms with E-state index in [1.165, 1.54) is 5.57 Å². The molecule has 96 valence electrons. The summed E-state index contributed by atoms with van der Waals surface area (Å²) in [5, 5.41) is 3.10. The lowest BCUT2D eigenvalue weighted by Gasteiger charge is -2.30.